The van der Waals surface area contributed by atoms with Gasteiger partial charge in [0.1, 0.15) is 5.82 Å². The number of alkyl halides is 3. The molecule has 42 heavy (non-hydrogen) atoms. The van der Waals surface area contributed by atoms with Crippen molar-refractivity contribution in [2.45, 2.75) is 81.8 Å². The first-order valence-electron chi connectivity index (χ1n) is 15.3. The molecule has 9 heteroatoms. The molecule has 2 N–H and O–H groups in total. The molecule has 0 bridgehead atoms. The SMILES string of the molecule is C=C(C1CC1)C(CCOCCCCc1ccc2c(n1)NCCC2)NC(=O)C1(c2cccc(C(F)(F)F)c2)CCOCC1. The lowest BCUT2D eigenvalue weighted by atomic mass is 9.72. The van der Waals surface area contributed by atoms with E-state index in [9.17, 15) is 18.0 Å². The Morgan fingerprint density at radius 3 is 2.74 bits per heavy atom. The molecule has 6 nitrogen and oxygen atoms in total. The van der Waals surface area contributed by atoms with E-state index in [2.05, 4.69) is 29.3 Å². The number of nitrogens with zero attached hydrogens (tertiary/aromatic N) is 1. The third kappa shape index (κ3) is 7.53. The van der Waals surface area contributed by atoms with E-state index in [-0.39, 0.29) is 11.9 Å². The van der Waals surface area contributed by atoms with Crippen molar-refractivity contribution < 1.29 is 27.4 Å². The predicted molar refractivity (Wildman–Crippen MR) is 156 cm³/mol. The van der Waals surface area contributed by atoms with E-state index in [1.165, 1.54) is 11.6 Å². The van der Waals surface area contributed by atoms with Gasteiger partial charge >= 0.3 is 6.18 Å². The van der Waals surface area contributed by atoms with Gasteiger partial charge in [0, 0.05) is 38.7 Å². The zero-order chi connectivity index (χ0) is 29.6. The van der Waals surface area contributed by atoms with Gasteiger partial charge in [-0.1, -0.05) is 36.4 Å². The second-order valence-electron chi connectivity index (χ2n) is 11.8. The first kappa shape index (κ1) is 30.5. The second-order valence-corrected chi connectivity index (χ2v) is 11.8. The normalized spacial score (nSPS) is 18.9. The summed E-state index contributed by atoms with van der Waals surface area (Å²) in [4.78, 5) is 18.7. The highest BCUT2D eigenvalue weighted by Gasteiger charge is 2.44. The summed E-state index contributed by atoms with van der Waals surface area (Å²) in [6.45, 7) is 6.99. The lowest BCUT2D eigenvalue weighted by molar-refractivity contribution is -0.138. The Morgan fingerprint density at radius 1 is 1.17 bits per heavy atom. The largest absolute Gasteiger partial charge is 0.416 e. The third-order valence-corrected chi connectivity index (χ3v) is 8.85. The van der Waals surface area contributed by atoms with Gasteiger partial charge in [-0.2, -0.15) is 13.2 Å². The molecule has 1 aromatic carbocycles. The number of carbonyl (C=O) groups excluding carboxylic acids is 1. The number of hydrogen-bond donors (Lipinski definition) is 2. The maximum Gasteiger partial charge on any atom is 0.416 e. The second kappa shape index (κ2) is 13.6. The number of pyridine rings is 1. The van der Waals surface area contributed by atoms with Gasteiger partial charge < -0.3 is 20.1 Å². The first-order chi connectivity index (χ1) is 20.3. The molecule has 1 saturated carbocycles. The van der Waals surface area contributed by atoms with Crippen molar-refractivity contribution in [1.82, 2.24) is 10.3 Å². The monoisotopic (exact) mass is 585 g/mol. The first-order valence-corrected chi connectivity index (χ1v) is 15.3. The summed E-state index contributed by atoms with van der Waals surface area (Å²) in [5, 5.41) is 6.57. The van der Waals surface area contributed by atoms with E-state index in [4.69, 9.17) is 14.5 Å². The minimum atomic E-state index is -4.48. The van der Waals surface area contributed by atoms with Crippen LogP contribution in [0, 0.1) is 5.92 Å². The van der Waals surface area contributed by atoms with Crippen molar-refractivity contribution in [3.8, 4) is 0 Å². The third-order valence-electron chi connectivity index (χ3n) is 8.85. The van der Waals surface area contributed by atoms with Gasteiger partial charge in [-0.15, -0.1) is 0 Å². The van der Waals surface area contributed by atoms with Crippen molar-refractivity contribution in [3.63, 3.8) is 0 Å². The van der Waals surface area contributed by atoms with Crippen LogP contribution in [-0.2, 0) is 38.7 Å². The van der Waals surface area contributed by atoms with Crippen molar-refractivity contribution in [1.29, 1.82) is 0 Å². The fourth-order valence-electron chi connectivity index (χ4n) is 6.07. The highest BCUT2D eigenvalue weighted by molar-refractivity contribution is 5.89. The van der Waals surface area contributed by atoms with E-state index < -0.39 is 17.2 Å². The molecule has 1 unspecified atom stereocenters. The number of ether oxygens (including phenoxy) is 2. The molecule has 1 aliphatic carbocycles. The summed E-state index contributed by atoms with van der Waals surface area (Å²) in [7, 11) is 0. The van der Waals surface area contributed by atoms with Crippen LogP contribution >= 0.6 is 0 Å². The van der Waals surface area contributed by atoms with Crippen LogP contribution in [-0.4, -0.2) is 49.9 Å². The van der Waals surface area contributed by atoms with Gasteiger partial charge in [0.25, 0.3) is 0 Å². The number of fused-ring (bicyclic) bond motifs is 1. The number of unbranched alkanes of at least 4 members (excludes halogenated alkanes) is 1. The van der Waals surface area contributed by atoms with Crippen LogP contribution in [0.25, 0.3) is 0 Å². The van der Waals surface area contributed by atoms with Crippen molar-refractivity contribution in [3.05, 3.63) is 70.9 Å². The van der Waals surface area contributed by atoms with Crippen LogP contribution in [0.15, 0.2) is 48.6 Å². The molecule has 2 aliphatic heterocycles. The average molecular weight is 586 g/mol. The fourth-order valence-corrected chi connectivity index (χ4v) is 6.07. The van der Waals surface area contributed by atoms with Crippen molar-refractivity contribution in [2.75, 3.05) is 38.3 Å². The Morgan fingerprint density at radius 2 is 1.98 bits per heavy atom. The molecule has 1 aromatic heterocycles. The topological polar surface area (TPSA) is 72.5 Å². The van der Waals surface area contributed by atoms with E-state index >= 15 is 0 Å². The molecule has 3 heterocycles. The summed E-state index contributed by atoms with van der Waals surface area (Å²) in [5.41, 5.74) is 1.92. The summed E-state index contributed by atoms with van der Waals surface area (Å²) in [5.74, 6) is 1.13. The van der Waals surface area contributed by atoms with Crippen LogP contribution in [0.2, 0.25) is 0 Å². The zero-order valence-electron chi connectivity index (χ0n) is 24.2. The smallest absolute Gasteiger partial charge is 0.381 e. The number of rotatable bonds is 13. The fraction of sp³-hybridized carbons (Fsp3) is 0.576. The summed E-state index contributed by atoms with van der Waals surface area (Å²) in [6.07, 6.45) is 3.86. The summed E-state index contributed by atoms with van der Waals surface area (Å²) >= 11 is 0. The minimum Gasteiger partial charge on any atom is -0.381 e. The number of aromatic nitrogens is 1. The van der Waals surface area contributed by atoms with Crippen molar-refractivity contribution in [2.24, 2.45) is 5.92 Å². The number of halogens is 3. The van der Waals surface area contributed by atoms with Gasteiger partial charge in [-0.25, -0.2) is 4.98 Å². The summed E-state index contributed by atoms with van der Waals surface area (Å²) < 4.78 is 52.0. The lowest BCUT2D eigenvalue weighted by Gasteiger charge is -2.38. The van der Waals surface area contributed by atoms with E-state index in [0.717, 1.165) is 80.7 Å². The van der Waals surface area contributed by atoms with Crippen LogP contribution < -0.4 is 10.6 Å². The molecule has 0 radical (unpaired) electrons. The number of hydrogen-bond acceptors (Lipinski definition) is 5. The number of aryl methyl sites for hydroxylation is 2. The Kier molecular flexibility index (Phi) is 9.88. The maximum atomic E-state index is 13.9. The van der Waals surface area contributed by atoms with Gasteiger partial charge in [0.2, 0.25) is 5.91 Å². The van der Waals surface area contributed by atoms with Gasteiger partial charge in [-0.05, 0) is 93.4 Å². The van der Waals surface area contributed by atoms with E-state index in [0.29, 0.717) is 57.2 Å². The molecule has 1 saturated heterocycles. The molecule has 2 fully saturated rings. The number of carbonyl (C=O) groups is 1. The number of nitrogens with one attached hydrogen (secondary N) is 2. The van der Waals surface area contributed by atoms with Gasteiger partial charge in [0.05, 0.1) is 17.0 Å². The minimum absolute atomic E-state index is 0.260. The molecule has 3 aliphatic rings. The number of amides is 1. The molecule has 5 rings (SSSR count). The quantitative estimate of drug-likeness (QED) is 0.211. The van der Waals surface area contributed by atoms with Crippen LogP contribution in [0.4, 0.5) is 19.0 Å². The van der Waals surface area contributed by atoms with Crippen LogP contribution in [0.1, 0.15) is 73.8 Å². The number of benzene rings is 1. The molecule has 2 aromatic rings. The molecule has 1 amide bonds. The van der Waals surface area contributed by atoms with Gasteiger partial charge in [-0.3, -0.25) is 4.79 Å². The molecular weight excluding hydrogens is 543 g/mol. The van der Waals surface area contributed by atoms with Crippen LogP contribution in [0.3, 0.4) is 0 Å². The Bertz CT molecular complexity index is 1240. The Labute approximate surface area is 246 Å². The molecule has 228 valence electrons. The zero-order valence-corrected chi connectivity index (χ0v) is 24.2. The van der Waals surface area contributed by atoms with E-state index in [1.54, 1.807) is 6.07 Å². The molecule has 1 atom stereocenters. The Hall–Kier alpha value is -2.91. The highest BCUT2D eigenvalue weighted by atomic mass is 19.4. The lowest BCUT2D eigenvalue weighted by Crippen LogP contribution is -2.51. The average Bonchev–Trinajstić information content (AvgIpc) is 3.85. The molecule has 0 spiro atoms. The molecular formula is C33H42F3N3O3. The Balaban J connectivity index is 1.15. The van der Waals surface area contributed by atoms with E-state index in [1.807, 2.05) is 0 Å². The standard InChI is InChI=1S/C33H42F3N3O3/c1-23(24-10-11-24)29(14-19-41-18-3-2-9-28-13-12-25-6-5-17-37-30(25)38-28)39-31(40)32(15-20-42-21-16-32)26-7-4-8-27(22-26)33(34,35)36/h4,7-8,12-13,22,24,29H,1-3,5-6,9-11,14-21H2,(H,37,38)(H,39,40). The maximum absolute atomic E-state index is 13.9. The predicted octanol–water partition coefficient (Wildman–Crippen LogP) is 6.39. The van der Waals surface area contributed by atoms with Crippen LogP contribution in [0.5, 0.6) is 0 Å². The summed E-state index contributed by atoms with van der Waals surface area (Å²) in [6, 6.07) is 9.19. The van der Waals surface area contributed by atoms with Gasteiger partial charge in [0.15, 0.2) is 0 Å². The number of anilines is 1. The van der Waals surface area contributed by atoms with Crippen molar-refractivity contribution >= 4 is 11.7 Å². The highest BCUT2D eigenvalue weighted by Crippen LogP contribution is 2.41.